The van der Waals surface area contributed by atoms with E-state index in [9.17, 15) is 0 Å². The van der Waals surface area contributed by atoms with Gasteiger partial charge in [0, 0.05) is 0 Å². The molecule has 47 heavy (non-hydrogen) atoms. The molecule has 0 aliphatic rings. The van der Waals surface area contributed by atoms with Gasteiger partial charge in [0.15, 0.2) is 0 Å². The van der Waals surface area contributed by atoms with Gasteiger partial charge in [0.05, 0.1) is 0 Å². The van der Waals surface area contributed by atoms with Crippen LogP contribution in [0.3, 0.4) is 0 Å². The maximum absolute atomic E-state index is 3.06. The van der Waals surface area contributed by atoms with Gasteiger partial charge in [-0.2, -0.15) is 12.1 Å². The minimum atomic E-state index is 0. The Morgan fingerprint density at radius 1 is 0.638 bits per heavy atom. The number of rotatable bonds is 3. The number of hydrogen-bond donors (Lipinski definition) is 0. The van der Waals surface area contributed by atoms with Crippen molar-refractivity contribution in [1.29, 1.82) is 0 Å². The third-order valence-corrected chi connectivity index (χ3v) is 8.50. The van der Waals surface area contributed by atoms with Crippen molar-refractivity contribution in [3.63, 3.8) is 0 Å². The molecule has 0 aliphatic heterocycles. The van der Waals surface area contributed by atoms with Gasteiger partial charge in [-0.25, -0.2) is 0 Å². The molecule has 0 aromatic heterocycles. The zero-order chi connectivity index (χ0) is 31.5. The summed E-state index contributed by atoms with van der Waals surface area (Å²) >= 11 is 1.36. The predicted octanol–water partition coefficient (Wildman–Crippen LogP) is 13.5. The van der Waals surface area contributed by atoms with E-state index < -0.39 is 0 Å². The molecular weight excluding hydrogens is 707 g/mol. The van der Waals surface area contributed by atoms with E-state index in [0.717, 1.165) is 0 Å². The topological polar surface area (TPSA) is 0 Å². The van der Waals surface area contributed by atoms with Crippen LogP contribution in [0.2, 0.25) is 0 Å². The second-order valence-corrected chi connectivity index (χ2v) is 13.1. The van der Waals surface area contributed by atoms with Gasteiger partial charge in [0.25, 0.3) is 0 Å². The van der Waals surface area contributed by atoms with Gasteiger partial charge in [-0.05, 0) is 53.0 Å². The van der Waals surface area contributed by atoms with Crippen LogP contribution >= 0.6 is 24.8 Å². The third-order valence-electron chi connectivity index (χ3n) is 8.50. The summed E-state index contributed by atoms with van der Waals surface area (Å²) < 4.78 is 0. The number of halogens is 2. The third kappa shape index (κ3) is 10.1. The van der Waals surface area contributed by atoms with Crippen molar-refractivity contribution < 1.29 is 23.3 Å². The predicted molar refractivity (Wildman–Crippen MR) is 215 cm³/mol. The maximum atomic E-state index is 3.06. The van der Waals surface area contributed by atoms with Crippen LogP contribution in [0.5, 0.6) is 0 Å². The van der Waals surface area contributed by atoms with E-state index in [2.05, 4.69) is 166 Å². The molecular formula is C43H52Cl2SiZr-4. The van der Waals surface area contributed by atoms with E-state index in [4.69, 9.17) is 0 Å². The molecule has 0 heterocycles. The van der Waals surface area contributed by atoms with Crippen molar-refractivity contribution in [2.24, 2.45) is 0 Å². The first-order valence-electron chi connectivity index (χ1n) is 15.2. The molecule has 0 bridgehead atoms. The van der Waals surface area contributed by atoms with Gasteiger partial charge in [-0.15, -0.1) is 93.4 Å². The van der Waals surface area contributed by atoms with Crippen molar-refractivity contribution in [2.75, 3.05) is 0 Å². The van der Waals surface area contributed by atoms with E-state index in [0.29, 0.717) is 5.92 Å². The molecule has 0 amide bonds. The molecule has 4 heteroatoms. The average Bonchev–Trinajstić information content (AvgIpc) is 3.60. The first kappa shape index (κ1) is 44.8. The Balaban J connectivity index is 0.000000797. The molecule has 0 atom stereocenters. The fraction of sp³-hybridized carbons (Fsp3) is 0.256. The van der Waals surface area contributed by atoms with Gasteiger partial charge in [-0.1, -0.05) is 114 Å². The molecule has 6 aromatic carbocycles. The molecule has 0 fully saturated rings. The summed E-state index contributed by atoms with van der Waals surface area (Å²) in [6, 6.07) is 36.0. The van der Waals surface area contributed by atoms with Crippen molar-refractivity contribution in [3.8, 4) is 22.3 Å². The molecule has 0 nitrogen and oxygen atoms in total. The molecule has 0 saturated heterocycles. The van der Waals surface area contributed by atoms with Gasteiger partial charge in [0.1, 0.15) is 0 Å². The van der Waals surface area contributed by atoms with Crippen LogP contribution in [0.4, 0.5) is 0 Å². The molecule has 2 radical (unpaired) electrons. The molecule has 0 N–H and O–H groups in total. The SMILES string of the molecule is CC(C)c1cc2c(-c3ccc(C(C)(C)C)cc3)cccc2[cH-]1.Cc1cc2c(-c3c(C)cccc3C)ccc(C)c2[cH-]1.Cl.Cl.[CH3-].[CH3-].[Si]=[Zr]. The Labute approximate surface area is 315 Å². The normalized spacial score (nSPS) is 10.3. The van der Waals surface area contributed by atoms with E-state index >= 15 is 0 Å². The Bertz CT molecular complexity index is 1830. The van der Waals surface area contributed by atoms with Crippen LogP contribution in [-0.2, 0) is 28.8 Å². The van der Waals surface area contributed by atoms with Crippen LogP contribution in [0, 0.1) is 42.5 Å². The van der Waals surface area contributed by atoms with Crippen LogP contribution in [0.25, 0.3) is 43.8 Å². The Hall–Kier alpha value is -2.22. The standard InChI is InChI=1S/C22H25.C19H19.2CH3.2ClH.Si.Zr/c1-15(2)18-13-17-7-6-8-20(21(17)14-18)16-9-11-19(12-10-16)22(3,4)5;1-12-10-17-13(2)8-9-16(18(17)11-12)19-14(3)6-5-7-15(19)4;;;;;;/h6-15H,1-5H3;5-11H,1-4H3;2*1H3;2*1H;;/q4*-1;;;;. The fourth-order valence-corrected chi connectivity index (χ4v) is 6.04. The first-order valence-corrected chi connectivity index (χ1v) is 19.4. The fourth-order valence-electron chi connectivity index (χ4n) is 6.04. The first-order chi connectivity index (χ1) is 20.4. The molecule has 0 aliphatic carbocycles. The summed E-state index contributed by atoms with van der Waals surface area (Å²) in [5.41, 5.74) is 13.8. The number of fused-ring (bicyclic) bond motifs is 2. The minimum absolute atomic E-state index is 0. The average molecular weight is 759 g/mol. The Morgan fingerprint density at radius 3 is 1.77 bits per heavy atom. The summed E-state index contributed by atoms with van der Waals surface area (Å²) in [6.07, 6.45) is 0. The van der Waals surface area contributed by atoms with Crippen LogP contribution < -0.4 is 0 Å². The zero-order valence-electron chi connectivity index (χ0n) is 30.1. The number of aryl methyl sites for hydroxylation is 4. The monoisotopic (exact) mass is 756 g/mol. The zero-order valence-corrected chi connectivity index (χ0v) is 35.2. The van der Waals surface area contributed by atoms with Crippen LogP contribution in [0.1, 0.15) is 73.9 Å². The van der Waals surface area contributed by atoms with Crippen LogP contribution in [0.15, 0.2) is 97.1 Å². The Morgan fingerprint density at radius 2 is 1.21 bits per heavy atom. The summed E-state index contributed by atoms with van der Waals surface area (Å²) in [5, 5.41) is 5.49. The van der Waals surface area contributed by atoms with Gasteiger partial charge < -0.3 is 14.9 Å². The van der Waals surface area contributed by atoms with Crippen molar-refractivity contribution in [2.45, 2.75) is 73.6 Å². The Kier molecular flexibility index (Phi) is 18.2. The molecule has 0 saturated carbocycles. The molecule has 0 unspecified atom stereocenters. The van der Waals surface area contributed by atoms with Gasteiger partial charge >= 0.3 is 30.2 Å². The van der Waals surface area contributed by atoms with Crippen molar-refractivity contribution in [1.82, 2.24) is 0 Å². The summed E-state index contributed by atoms with van der Waals surface area (Å²) in [5.74, 6) is 0.573. The van der Waals surface area contributed by atoms with Gasteiger partial charge in [-0.3, -0.25) is 0 Å². The van der Waals surface area contributed by atoms with E-state index in [1.165, 1.54) is 101 Å². The van der Waals surface area contributed by atoms with E-state index in [1.807, 2.05) is 0 Å². The summed E-state index contributed by atoms with van der Waals surface area (Å²) in [4.78, 5) is 0. The molecule has 0 spiro atoms. The van der Waals surface area contributed by atoms with Crippen LogP contribution in [-0.4, -0.2) is 6.88 Å². The number of hydrogen-bond acceptors (Lipinski definition) is 0. The molecule has 6 rings (SSSR count). The quantitative estimate of drug-likeness (QED) is 0.125. The number of benzene rings is 4. The second kappa shape index (κ2) is 19.1. The molecule has 6 aromatic rings. The van der Waals surface area contributed by atoms with Gasteiger partial charge in [0.2, 0.25) is 0 Å². The van der Waals surface area contributed by atoms with Crippen molar-refractivity contribution >= 4 is 53.2 Å². The molecule has 250 valence electrons. The van der Waals surface area contributed by atoms with E-state index in [1.54, 1.807) is 0 Å². The summed E-state index contributed by atoms with van der Waals surface area (Å²) in [6.45, 7) is 23.1. The van der Waals surface area contributed by atoms with E-state index in [-0.39, 0.29) is 45.1 Å². The van der Waals surface area contributed by atoms with Crippen molar-refractivity contribution in [3.05, 3.63) is 145 Å². The summed E-state index contributed by atoms with van der Waals surface area (Å²) in [7, 11) is 0. The second-order valence-electron chi connectivity index (χ2n) is 13.1.